The third-order valence-corrected chi connectivity index (χ3v) is 2.65. The zero-order chi connectivity index (χ0) is 13.4. The number of carbonyl (C=O) groups is 1. The maximum Gasteiger partial charge on any atom is 0.267 e. The Labute approximate surface area is 108 Å². The van der Waals surface area contributed by atoms with Gasteiger partial charge in [0.15, 0.2) is 0 Å². The average molecular weight is 254 g/mol. The summed E-state index contributed by atoms with van der Waals surface area (Å²) in [5.74, 6) is -0.0990. The highest BCUT2D eigenvalue weighted by Gasteiger charge is 2.10. The Hall–Kier alpha value is -1.33. The monoisotopic (exact) mass is 254 g/mol. The summed E-state index contributed by atoms with van der Waals surface area (Å²) in [5.41, 5.74) is 0.665. The van der Waals surface area contributed by atoms with Crippen LogP contribution in [0.1, 0.15) is 30.3 Å². The molecule has 1 unspecified atom stereocenters. The lowest BCUT2D eigenvalue weighted by atomic mass is 10.2. The average Bonchev–Trinajstić information content (AvgIpc) is 2.78. The van der Waals surface area contributed by atoms with Crippen molar-refractivity contribution >= 4 is 5.91 Å². The van der Waals surface area contributed by atoms with Gasteiger partial charge >= 0.3 is 0 Å². The summed E-state index contributed by atoms with van der Waals surface area (Å²) in [6, 6.07) is 3.67. The molecule has 1 amide bonds. The molecule has 0 saturated heterocycles. The molecule has 0 radical (unpaired) electrons. The van der Waals surface area contributed by atoms with E-state index in [0.717, 1.165) is 13.0 Å². The molecule has 0 aliphatic heterocycles. The van der Waals surface area contributed by atoms with Crippen LogP contribution in [0, 0.1) is 0 Å². The number of ether oxygens (including phenoxy) is 1. The number of hydrogen-bond acceptors (Lipinski definition) is 3. The van der Waals surface area contributed by atoms with Crippen LogP contribution in [0.4, 0.5) is 0 Å². The van der Waals surface area contributed by atoms with E-state index in [9.17, 15) is 9.90 Å². The summed E-state index contributed by atoms with van der Waals surface area (Å²) in [6.07, 6.45) is 2.85. The maximum absolute atomic E-state index is 11.9. The minimum atomic E-state index is -0.530. The number of carbonyl (C=O) groups excluding carboxylic acids is 1. The number of nitrogens with one attached hydrogen (secondary N) is 1. The number of hydrogen-bond donors (Lipinski definition) is 2. The molecule has 0 aliphatic rings. The van der Waals surface area contributed by atoms with E-state index in [4.69, 9.17) is 4.74 Å². The van der Waals surface area contributed by atoms with Crippen LogP contribution in [0.15, 0.2) is 18.3 Å². The molecule has 2 N–H and O–H groups in total. The molecule has 0 fully saturated rings. The predicted molar refractivity (Wildman–Crippen MR) is 69.6 cm³/mol. The van der Waals surface area contributed by atoms with Crippen molar-refractivity contribution in [3.8, 4) is 0 Å². The number of methoxy groups -OCH3 is 1. The van der Waals surface area contributed by atoms with Gasteiger partial charge in [-0.15, -0.1) is 0 Å². The van der Waals surface area contributed by atoms with Gasteiger partial charge in [-0.25, -0.2) is 0 Å². The second-order valence-corrected chi connectivity index (χ2v) is 4.24. The van der Waals surface area contributed by atoms with Gasteiger partial charge in [-0.05, 0) is 25.0 Å². The molecule has 0 saturated carbocycles. The van der Waals surface area contributed by atoms with Crippen molar-refractivity contribution in [2.24, 2.45) is 0 Å². The fourth-order valence-corrected chi connectivity index (χ4v) is 1.77. The SMILES string of the molecule is CCCn1cccc1C(=O)NCCC(O)COC. The van der Waals surface area contributed by atoms with E-state index in [0.29, 0.717) is 25.3 Å². The molecule has 1 aromatic heterocycles. The van der Waals surface area contributed by atoms with Crippen LogP contribution in [0.5, 0.6) is 0 Å². The predicted octanol–water partition coefficient (Wildman–Crippen LogP) is 1.03. The summed E-state index contributed by atoms with van der Waals surface area (Å²) in [7, 11) is 1.54. The first kappa shape index (κ1) is 14.7. The lowest BCUT2D eigenvalue weighted by molar-refractivity contribution is 0.0587. The van der Waals surface area contributed by atoms with Crippen molar-refractivity contribution < 1.29 is 14.6 Å². The van der Waals surface area contributed by atoms with Crippen molar-refractivity contribution in [2.75, 3.05) is 20.3 Å². The summed E-state index contributed by atoms with van der Waals surface area (Å²) >= 11 is 0. The summed E-state index contributed by atoms with van der Waals surface area (Å²) in [5, 5.41) is 12.2. The van der Waals surface area contributed by atoms with Gasteiger partial charge in [0.05, 0.1) is 12.7 Å². The van der Waals surface area contributed by atoms with Crippen molar-refractivity contribution in [3.63, 3.8) is 0 Å². The quantitative estimate of drug-likeness (QED) is 0.728. The molecule has 1 rings (SSSR count). The molecule has 18 heavy (non-hydrogen) atoms. The minimum absolute atomic E-state index is 0.0990. The number of amides is 1. The summed E-state index contributed by atoms with van der Waals surface area (Å²) in [6.45, 7) is 3.65. The zero-order valence-electron chi connectivity index (χ0n) is 11.1. The topological polar surface area (TPSA) is 63.5 Å². The van der Waals surface area contributed by atoms with Crippen molar-refractivity contribution in [1.29, 1.82) is 0 Å². The van der Waals surface area contributed by atoms with E-state index in [1.54, 1.807) is 13.2 Å². The van der Waals surface area contributed by atoms with Crippen LogP contribution in [0.3, 0.4) is 0 Å². The highest BCUT2D eigenvalue weighted by Crippen LogP contribution is 2.03. The molecule has 0 bridgehead atoms. The molecule has 1 atom stereocenters. The van der Waals surface area contributed by atoms with Gasteiger partial charge in [-0.1, -0.05) is 6.92 Å². The first-order chi connectivity index (χ1) is 8.69. The Morgan fingerprint density at radius 1 is 1.61 bits per heavy atom. The molecule has 1 aromatic rings. The van der Waals surface area contributed by atoms with E-state index < -0.39 is 6.10 Å². The standard InChI is InChI=1S/C13H22N2O3/c1-3-8-15-9-4-5-12(15)13(17)14-7-6-11(16)10-18-2/h4-5,9,11,16H,3,6-8,10H2,1-2H3,(H,14,17). The normalized spacial score (nSPS) is 12.4. The zero-order valence-corrected chi connectivity index (χ0v) is 11.1. The number of aliphatic hydroxyl groups excluding tert-OH is 1. The minimum Gasteiger partial charge on any atom is -0.391 e. The Morgan fingerprint density at radius 2 is 2.39 bits per heavy atom. The number of aliphatic hydroxyl groups is 1. The first-order valence-electron chi connectivity index (χ1n) is 6.29. The molecule has 0 aliphatic carbocycles. The fraction of sp³-hybridized carbons (Fsp3) is 0.615. The van der Waals surface area contributed by atoms with Crippen LogP contribution >= 0.6 is 0 Å². The first-order valence-corrected chi connectivity index (χ1v) is 6.29. The largest absolute Gasteiger partial charge is 0.391 e. The highest BCUT2D eigenvalue weighted by molar-refractivity contribution is 5.92. The second kappa shape index (κ2) is 7.89. The maximum atomic E-state index is 11.9. The van der Waals surface area contributed by atoms with Crippen LogP contribution < -0.4 is 5.32 Å². The lowest BCUT2D eigenvalue weighted by Gasteiger charge is -2.11. The summed E-state index contributed by atoms with van der Waals surface area (Å²) < 4.78 is 6.75. The number of nitrogens with zero attached hydrogens (tertiary/aromatic N) is 1. The van der Waals surface area contributed by atoms with E-state index in [2.05, 4.69) is 12.2 Å². The Bertz CT molecular complexity index is 363. The molecule has 5 heteroatoms. The number of rotatable bonds is 8. The van der Waals surface area contributed by atoms with Gasteiger partial charge in [0.25, 0.3) is 5.91 Å². The number of aromatic nitrogens is 1. The van der Waals surface area contributed by atoms with Gasteiger partial charge in [-0.2, -0.15) is 0 Å². The van der Waals surface area contributed by atoms with Gasteiger partial charge < -0.3 is 19.7 Å². The van der Waals surface area contributed by atoms with Crippen LogP contribution in [-0.4, -0.2) is 41.9 Å². The van der Waals surface area contributed by atoms with Gasteiger partial charge in [0.1, 0.15) is 5.69 Å². The number of aryl methyl sites for hydroxylation is 1. The van der Waals surface area contributed by atoms with Crippen LogP contribution in [0.25, 0.3) is 0 Å². The second-order valence-electron chi connectivity index (χ2n) is 4.24. The van der Waals surface area contributed by atoms with Gasteiger partial charge in [0, 0.05) is 26.4 Å². The lowest BCUT2D eigenvalue weighted by Crippen LogP contribution is -2.30. The van der Waals surface area contributed by atoms with Gasteiger partial charge in [-0.3, -0.25) is 4.79 Å². The van der Waals surface area contributed by atoms with Crippen molar-refractivity contribution in [1.82, 2.24) is 9.88 Å². The molecule has 102 valence electrons. The van der Waals surface area contributed by atoms with Crippen LogP contribution in [0.2, 0.25) is 0 Å². The van der Waals surface area contributed by atoms with Gasteiger partial charge in [0.2, 0.25) is 0 Å². The van der Waals surface area contributed by atoms with Crippen LogP contribution in [-0.2, 0) is 11.3 Å². The molecular weight excluding hydrogens is 232 g/mol. The fourth-order valence-electron chi connectivity index (χ4n) is 1.77. The molecule has 0 aromatic carbocycles. The Morgan fingerprint density at radius 3 is 3.06 bits per heavy atom. The smallest absolute Gasteiger partial charge is 0.267 e. The van der Waals surface area contributed by atoms with E-state index in [1.165, 1.54) is 0 Å². The third-order valence-electron chi connectivity index (χ3n) is 2.65. The van der Waals surface area contributed by atoms with Crippen molar-refractivity contribution in [3.05, 3.63) is 24.0 Å². The van der Waals surface area contributed by atoms with E-state index in [1.807, 2.05) is 16.8 Å². The molecule has 5 nitrogen and oxygen atoms in total. The van der Waals surface area contributed by atoms with E-state index in [-0.39, 0.29) is 5.91 Å². The molecule has 0 spiro atoms. The highest BCUT2D eigenvalue weighted by atomic mass is 16.5. The Kier molecular flexibility index (Phi) is 6.46. The Balaban J connectivity index is 2.38. The van der Waals surface area contributed by atoms with Crippen molar-refractivity contribution in [2.45, 2.75) is 32.4 Å². The third kappa shape index (κ3) is 4.50. The molecular formula is C13H22N2O3. The summed E-state index contributed by atoms with van der Waals surface area (Å²) in [4.78, 5) is 11.9. The molecule has 1 heterocycles. The van der Waals surface area contributed by atoms with E-state index >= 15 is 0 Å².